The number of aryl methyl sites for hydroxylation is 4. The van der Waals surface area contributed by atoms with E-state index in [1.165, 1.54) is 16.7 Å². The Balaban J connectivity index is 1.89. The maximum Gasteiger partial charge on any atom is 0.256 e. The molecule has 124 valence electrons. The summed E-state index contributed by atoms with van der Waals surface area (Å²) in [6.45, 7) is 10.7. The molecular weight excluding hydrogens is 288 g/mol. The third kappa shape index (κ3) is 4.21. The van der Waals surface area contributed by atoms with E-state index in [1.807, 2.05) is 13.8 Å². The van der Waals surface area contributed by atoms with E-state index in [1.54, 1.807) is 6.92 Å². The summed E-state index contributed by atoms with van der Waals surface area (Å²) in [5, 5.41) is 6.90. The maximum atomic E-state index is 12.4. The molecule has 0 saturated carbocycles. The number of carbonyl (C=O) groups excluding carboxylic acids is 1. The van der Waals surface area contributed by atoms with Gasteiger partial charge in [0, 0.05) is 12.5 Å². The molecular formula is C19H26N2O2. The molecule has 0 radical (unpaired) electrons. The Morgan fingerprint density at radius 2 is 2.00 bits per heavy atom. The molecule has 1 heterocycles. The van der Waals surface area contributed by atoms with Crippen LogP contribution in [-0.2, 0) is 6.42 Å². The monoisotopic (exact) mass is 314 g/mol. The van der Waals surface area contributed by atoms with Gasteiger partial charge in [0.15, 0.2) is 5.76 Å². The summed E-state index contributed by atoms with van der Waals surface area (Å²) in [6.07, 6.45) is 1.88. The minimum absolute atomic E-state index is 0.0897. The number of hydrogen-bond donors (Lipinski definition) is 1. The molecule has 1 N–H and O–H groups in total. The molecule has 0 bridgehead atoms. The highest BCUT2D eigenvalue weighted by Gasteiger charge is 2.22. The molecule has 0 spiro atoms. The van der Waals surface area contributed by atoms with Gasteiger partial charge in [-0.2, -0.15) is 0 Å². The van der Waals surface area contributed by atoms with E-state index in [-0.39, 0.29) is 11.8 Å². The van der Waals surface area contributed by atoms with E-state index in [4.69, 9.17) is 4.52 Å². The van der Waals surface area contributed by atoms with Crippen molar-refractivity contribution >= 4 is 5.91 Å². The zero-order valence-electron chi connectivity index (χ0n) is 14.7. The van der Waals surface area contributed by atoms with Crippen LogP contribution in [0, 0.1) is 20.8 Å². The van der Waals surface area contributed by atoms with Crippen LogP contribution in [0.5, 0.6) is 0 Å². The molecule has 4 heteroatoms. The van der Waals surface area contributed by atoms with Gasteiger partial charge in [-0.25, -0.2) is 0 Å². The Morgan fingerprint density at radius 3 is 2.65 bits per heavy atom. The summed E-state index contributed by atoms with van der Waals surface area (Å²) in [5.74, 6) is 0.717. The Morgan fingerprint density at radius 1 is 1.26 bits per heavy atom. The van der Waals surface area contributed by atoms with Crippen molar-refractivity contribution in [3.05, 3.63) is 51.9 Å². The van der Waals surface area contributed by atoms with Crippen LogP contribution >= 0.6 is 0 Å². The van der Waals surface area contributed by atoms with E-state index < -0.39 is 0 Å². The van der Waals surface area contributed by atoms with Crippen LogP contribution in [0.2, 0.25) is 0 Å². The number of benzene rings is 1. The van der Waals surface area contributed by atoms with Crippen molar-refractivity contribution in [2.24, 2.45) is 0 Å². The third-order valence-electron chi connectivity index (χ3n) is 4.05. The molecule has 23 heavy (non-hydrogen) atoms. The summed E-state index contributed by atoms with van der Waals surface area (Å²) < 4.78 is 5.27. The molecule has 4 nitrogen and oxygen atoms in total. The van der Waals surface area contributed by atoms with Gasteiger partial charge in [0.25, 0.3) is 5.91 Å². The number of carbonyl (C=O) groups is 1. The highest BCUT2D eigenvalue weighted by Crippen LogP contribution is 2.22. The molecule has 0 unspecified atom stereocenters. The first-order valence-electron chi connectivity index (χ1n) is 8.20. The highest BCUT2D eigenvalue weighted by molar-refractivity contribution is 5.96. The van der Waals surface area contributed by atoms with Gasteiger partial charge in [-0.3, -0.25) is 4.79 Å². The first kappa shape index (κ1) is 17.3. The third-order valence-corrected chi connectivity index (χ3v) is 4.05. The fourth-order valence-corrected chi connectivity index (χ4v) is 2.75. The van der Waals surface area contributed by atoms with Gasteiger partial charge in [0.05, 0.1) is 5.69 Å². The molecule has 0 aliphatic heterocycles. The van der Waals surface area contributed by atoms with Crippen LogP contribution in [0.1, 0.15) is 64.7 Å². The zero-order chi connectivity index (χ0) is 17.0. The lowest BCUT2D eigenvalue weighted by atomic mass is 10.0. The topological polar surface area (TPSA) is 55.1 Å². The molecule has 0 aliphatic rings. The summed E-state index contributed by atoms with van der Waals surface area (Å²) in [4.78, 5) is 12.4. The van der Waals surface area contributed by atoms with E-state index in [0.717, 1.165) is 12.8 Å². The van der Waals surface area contributed by atoms with Gasteiger partial charge in [-0.1, -0.05) is 42.8 Å². The van der Waals surface area contributed by atoms with E-state index in [2.05, 4.69) is 42.5 Å². The number of rotatable bonds is 6. The van der Waals surface area contributed by atoms with Crippen LogP contribution in [0.3, 0.4) is 0 Å². The number of nitrogens with one attached hydrogen (secondary N) is 1. The normalized spacial score (nSPS) is 11.0. The van der Waals surface area contributed by atoms with Crippen molar-refractivity contribution in [1.82, 2.24) is 10.5 Å². The van der Waals surface area contributed by atoms with Crippen LogP contribution in [0.4, 0.5) is 0 Å². The predicted octanol–water partition coefficient (Wildman–Crippen LogP) is 4.09. The van der Waals surface area contributed by atoms with Crippen molar-refractivity contribution in [2.45, 2.75) is 53.4 Å². The standard InChI is InChI=1S/C19H26N2O2/c1-12(2)18-17(15(5)21-23-18)19(22)20-10-6-7-16-9-8-13(3)11-14(16)4/h8-9,11-12H,6-7,10H2,1-5H3,(H,20,22). The minimum atomic E-state index is -0.0897. The number of nitrogens with zero attached hydrogens (tertiary/aromatic N) is 1. The van der Waals surface area contributed by atoms with Crippen LogP contribution in [0.15, 0.2) is 22.7 Å². The Hall–Kier alpha value is -2.10. The van der Waals surface area contributed by atoms with Crippen molar-refractivity contribution in [3.63, 3.8) is 0 Å². The molecule has 1 aromatic heterocycles. The number of amides is 1. The average Bonchev–Trinajstić information content (AvgIpc) is 2.87. The smallest absolute Gasteiger partial charge is 0.256 e. The molecule has 2 rings (SSSR count). The number of hydrogen-bond acceptors (Lipinski definition) is 3. The fourth-order valence-electron chi connectivity index (χ4n) is 2.75. The minimum Gasteiger partial charge on any atom is -0.360 e. The fraction of sp³-hybridized carbons (Fsp3) is 0.474. The van der Waals surface area contributed by atoms with Crippen molar-refractivity contribution in [1.29, 1.82) is 0 Å². The Kier molecular flexibility index (Phi) is 5.59. The van der Waals surface area contributed by atoms with E-state index >= 15 is 0 Å². The lowest BCUT2D eigenvalue weighted by Crippen LogP contribution is -2.26. The quantitative estimate of drug-likeness (QED) is 0.817. The predicted molar refractivity (Wildman–Crippen MR) is 91.9 cm³/mol. The van der Waals surface area contributed by atoms with Crippen molar-refractivity contribution < 1.29 is 9.32 Å². The molecule has 2 aromatic rings. The van der Waals surface area contributed by atoms with Gasteiger partial charge in [-0.15, -0.1) is 0 Å². The van der Waals surface area contributed by atoms with Crippen molar-refractivity contribution in [2.75, 3.05) is 6.54 Å². The first-order chi connectivity index (χ1) is 10.9. The first-order valence-corrected chi connectivity index (χ1v) is 8.20. The molecule has 0 aliphatic carbocycles. The van der Waals surface area contributed by atoms with Gasteiger partial charge in [-0.05, 0) is 44.7 Å². The highest BCUT2D eigenvalue weighted by atomic mass is 16.5. The van der Waals surface area contributed by atoms with Crippen LogP contribution < -0.4 is 5.32 Å². The molecule has 1 amide bonds. The zero-order valence-corrected chi connectivity index (χ0v) is 14.7. The lowest BCUT2D eigenvalue weighted by Gasteiger charge is -2.09. The molecule has 0 fully saturated rings. The summed E-state index contributed by atoms with van der Waals surface area (Å²) in [7, 11) is 0. The van der Waals surface area contributed by atoms with Gasteiger partial charge in [0.1, 0.15) is 5.56 Å². The maximum absolute atomic E-state index is 12.4. The van der Waals surface area contributed by atoms with Gasteiger partial charge < -0.3 is 9.84 Å². The summed E-state index contributed by atoms with van der Waals surface area (Å²) in [5.41, 5.74) is 5.18. The second-order valence-corrected chi connectivity index (χ2v) is 6.45. The Labute approximate surface area is 138 Å². The van der Waals surface area contributed by atoms with E-state index in [9.17, 15) is 4.79 Å². The lowest BCUT2D eigenvalue weighted by molar-refractivity contribution is 0.0950. The van der Waals surface area contributed by atoms with Crippen molar-refractivity contribution in [3.8, 4) is 0 Å². The van der Waals surface area contributed by atoms with Crippen LogP contribution in [-0.4, -0.2) is 17.6 Å². The van der Waals surface area contributed by atoms with E-state index in [0.29, 0.717) is 23.6 Å². The number of aromatic nitrogens is 1. The molecule has 1 aromatic carbocycles. The van der Waals surface area contributed by atoms with Gasteiger partial charge >= 0.3 is 0 Å². The average molecular weight is 314 g/mol. The Bertz CT molecular complexity index is 687. The van der Waals surface area contributed by atoms with Crippen LogP contribution in [0.25, 0.3) is 0 Å². The SMILES string of the molecule is Cc1ccc(CCCNC(=O)c2c(C)noc2C(C)C)c(C)c1. The van der Waals surface area contributed by atoms with Gasteiger partial charge in [0.2, 0.25) is 0 Å². The molecule has 0 saturated heterocycles. The second-order valence-electron chi connectivity index (χ2n) is 6.45. The molecule has 0 atom stereocenters. The second kappa shape index (κ2) is 7.44. The largest absolute Gasteiger partial charge is 0.360 e. The summed E-state index contributed by atoms with van der Waals surface area (Å²) >= 11 is 0. The summed E-state index contributed by atoms with van der Waals surface area (Å²) in [6, 6.07) is 6.51.